The predicted octanol–water partition coefficient (Wildman–Crippen LogP) is 4.64. The van der Waals surface area contributed by atoms with Crippen LogP contribution < -0.4 is 0 Å². The normalized spacial score (nSPS) is 11.1. The third-order valence-corrected chi connectivity index (χ3v) is 3.62. The van der Waals surface area contributed by atoms with Crippen molar-refractivity contribution in [1.29, 1.82) is 0 Å². The van der Waals surface area contributed by atoms with Gasteiger partial charge in [0, 0.05) is 16.7 Å². The van der Waals surface area contributed by atoms with Gasteiger partial charge in [-0.25, -0.2) is 4.99 Å². The molecule has 0 fully saturated rings. The molecule has 0 heterocycles. The molecule has 0 unspecified atom stereocenters. The first-order valence-corrected chi connectivity index (χ1v) is 7.66. The van der Waals surface area contributed by atoms with Crippen molar-refractivity contribution < 1.29 is 9.53 Å². The maximum absolute atomic E-state index is 12.8. The lowest BCUT2D eigenvalue weighted by atomic mass is 10.0. The van der Waals surface area contributed by atoms with E-state index in [0.29, 0.717) is 22.7 Å². The predicted molar refractivity (Wildman–Crippen MR) is 96.0 cm³/mol. The molecule has 0 aliphatic rings. The molecule has 0 aromatic heterocycles. The van der Waals surface area contributed by atoms with E-state index in [1.54, 1.807) is 25.3 Å². The molecule has 3 heteroatoms. The molecule has 0 N–H and O–H groups in total. The molecule has 3 rings (SSSR count). The van der Waals surface area contributed by atoms with E-state index in [1.807, 2.05) is 66.7 Å². The van der Waals surface area contributed by atoms with Crippen LogP contribution in [0.5, 0.6) is 0 Å². The van der Waals surface area contributed by atoms with E-state index >= 15 is 0 Å². The maximum Gasteiger partial charge on any atom is 0.221 e. The summed E-state index contributed by atoms with van der Waals surface area (Å²) in [6.45, 7) is 0. The van der Waals surface area contributed by atoms with Gasteiger partial charge in [-0.1, -0.05) is 60.7 Å². The highest BCUT2D eigenvalue weighted by molar-refractivity contribution is 6.12. The minimum Gasteiger partial charge on any atom is -0.481 e. The van der Waals surface area contributed by atoms with E-state index in [4.69, 9.17) is 4.74 Å². The zero-order chi connectivity index (χ0) is 16.8. The molecule has 0 radical (unpaired) electrons. The molecule has 0 amide bonds. The Morgan fingerprint density at radius 1 is 0.750 bits per heavy atom. The molecule has 118 valence electrons. The number of rotatable bonds is 4. The van der Waals surface area contributed by atoms with Crippen molar-refractivity contribution in [3.8, 4) is 0 Å². The lowest BCUT2D eigenvalue weighted by molar-refractivity contribution is 0.103. The summed E-state index contributed by atoms with van der Waals surface area (Å²) in [6, 6.07) is 26.1. The summed E-state index contributed by atoms with van der Waals surface area (Å²) in [5, 5.41) is 0. The minimum absolute atomic E-state index is 0.0570. The van der Waals surface area contributed by atoms with Gasteiger partial charge < -0.3 is 4.74 Å². The topological polar surface area (TPSA) is 38.7 Å². The van der Waals surface area contributed by atoms with E-state index in [2.05, 4.69) is 4.99 Å². The average Bonchev–Trinajstić information content (AvgIpc) is 2.67. The van der Waals surface area contributed by atoms with Gasteiger partial charge in [0.1, 0.15) is 0 Å². The molecule has 3 nitrogen and oxygen atoms in total. The summed E-state index contributed by atoms with van der Waals surface area (Å²) in [5.74, 6) is 0.419. The number of para-hydroxylation sites is 1. The first-order chi connectivity index (χ1) is 11.8. The quantitative estimate of drug-likeness (QED) is 0.399. The van der Waals surface area contributed by atoms with Gasteiger partial charge in [-0.2, -0.15) is 0 Å². The van der Waals surface area contributed by atoms with Crippen LogP contribution in [-0.4, -0.2) is 18.8 Å². The van der Waals surface area contributed by atoms with Crippen LogP contribution in [0, 0.1) is 0 Å². The fourth-order valence-electron chi connectivity index (χ4n) is 2.43. The second kappa shape index (κ2) is 7.38. The number of methoxy groups -OCH3 is 1. The van der Waals surface area contributed by atoms with Crippen LogP contribution in [0.1, 0.15) is 21.5 Å². The second-order valence-electron chi connectivity index (χ2n) is 5.20. The lowest BCUT2D eigenvalue weighted by Crippen LogP contribution is -2.05. The lowest BCUT2D eigenvalue weighted by Gasteiger charge is -2.08. The Labute approximate surface area is 141 Å². The van der Waals surface area contributed by atoms with Gasteiger partial charge in [-0.05, 0) is 24.3 Å². The number of carbonyl (C=O) groups excluding carboxylic acids is 1. The number of aliphatic imine (C=N–C) groups is 1. The van der Waals surface area contributed by atoms with Crippen LogP contribution >= 0.6 is 0 Å². The summed E-state index contributed by atoms with van der Waals surface area (Å²) in [5.41, 5.74) is 2.64. The van der Waals surface area contributed by atoms with Crippen LogP contribution in [0.15, 0.2) is 89.9 Å². The molecule has 0 spiro atoms. The molecule has 0 saturated heterocycles. The Balaban J connectivity index is 2.03. The van der Waals surface area contributed by atoms with Gasteiger partial charge in [-0.3, -0.25) is 4.79 Å². The standard InChI is InChI=1S/C21H17NO2/c1-24-21(17-12-6-3-7-13-17)22-19-15-9-8-14-18(19)20(23)16-10-4-2-5-11-16/h2-15H,1H3. The van der Waals surface area contributed by atoms with Gasteiger partial charge in [0.2, 0.25) is 5.90 Å². The zero-order valence-electron chi connectivity index (χ0n) is 13.3. The number of ketones is 1. The molecule has 0 aliphatic heterocycles. The third-order valence-electron chi connectivity index (χ3n) is 3.62. The van der Waals surface area contributed by atoms with Gasteiger partial charge in [0.05, 0.1) is 12.8 Å². The number of benzene rings is 3. The fourth-order valence-corrected chi connectivity index (χ4v) is 2.43. The summed E-state index contributed by atoms with van der Waals surface area (Å²) < 4.78 is 5.42. The molecular weight excluding hydrogens is 298 g/mol. The number of carbonyl (C=O) groups is 1. The van der Waals surface area contributed by atoms with Gasteiger partial charge in [-0.15, -0.1) is 0 Å². The molecule has 3 aromatic carbocycles. The SMILES string of the molecule is COC(=Nc1ccccc1C(=O)c1ccccc1)c1ccccc1. The van der Waals surface area contributed by atoms with E-state index in [1.165, 1.54) is 0 Å². The van der Waals surface area contributed by atoms with E-state index in [0.717, 1.165) is 5.56 Å². The molecule has 0 bridgehead atoms. The first kappa shape index (κ1) is 15.7. The number of hydrogen-bond donors (Lipinski definition) is 0. The van der Waals surface area contributed by atoms with Crippen molar-refractivity contribution in [1.82, 2.24) is 0 Å². The number of nitrogens with zero attached hydrogens (tertiary/aromatic N) is 1. The highest BCUT2D eigenvalue weighted by Crippen LogP contribution is 2.23. The monoisotopic (exact) mass is 315 g/mol. The Hall–Kier alpha value is -3.20. The zero-order valence-corrected chi connectivity index (χ0v) is 13.3. The van der Waals surface area contributed by atoms with Crippen LogP contribution in [-0.2, 0) is 4.74 Å². The molecule has 0 saturated carbocycles. The van der Waals surface area contributed by atoms with Crippen LogP contribution in [0.4, 0.5) is 5.69 Å². The fraction of sp³-hybridized carbons (Fsp3) is 0.0476. The van der Waals surface area contributed by atoms with Gasteiger partial charge in [0.15, 0.2) is 5.78 Å². The Bertz CT molecular complexity index is 855. The highest BCUT2D eigenvalue weighted by atomic mass is 16.5. The van der Waals surface area contributed by atoms with E-state index in [-0.39, 0.29) is 5.78 Å². The van der Waals surface area contributed by atoms with Crippen molar-refractivity contribution in [2.24, 2.45) is 4.99 Å². The summed E-state index contributed by atoms with van der Waals surface area (Å²) >= 11 is 0. The Morgan fingerprint density at radius 3 is 1.92 bits per heavy atom. The van der Waals surface area contributed by atoms with Crippen molar-refractivity contribution in [2.45, 2.75) is 0 Å². The van der Waals surface area contributed by atoms with Crippen LogP contribution in [0.3, 0.4) is 0 Å². The summed E-state index contributed by atoms with van der Waals surface area (Å²) in [7, 11) is 1.58. The highest BCUT2D eigenvalue weighted by Gasteiger charge is 2.14. The van der Waals surface area contributed by atoms with Gasteiger partial charge >= 0.3 is 0 Å². The summed E-state index contributed by atoms with van der Waals surface area (Å²) in [6.07, 6.45) is 0. The van der Waals surface area contributed by atoms with Crippen molar-refractivity contribution in [2.75, 3.05) is 7.11 Å². The van der Waals surface area contributed by atoms with Crippen molar-refractivity contribution >= 4 is 17.4 Å². The summed E-state index contributed by atoms with van der Waals surface area (Å²) in [4.78, 5) is 17.3. The maximum atomic E-state index is 12.8. The Morgan fingerprint density at radius 2 is 1.29 bits per heavy atom. The van der Waals surface area contributed by atoms with Crippen molar-refractivity contribution in [3.63, 3.8) is 0 Å². The van der Waals surface area contributed by atoms with E-state index in [9.17, 15) is 4.79 Å². The molecule has 0 atom stereocenters. The molecule has 24 heavy (non-hydrogen) atoms. The smallest absolute Gasteiger partial charge is 0.221 e. The van der Waals surface area contributed by atoms with Crippen LogP contribution in [0.2, 0.25) is 0 Å². The Kier molecular flexibility index (Phi) is 4.82. The van der Waals surface area contributed by atoms with Crippen molar-refractivity contribution in [3.05, 3.63) is 102 Å². The van der Waals surface area contributed by atoms with E-state index < -0.39 is 0 Å². The number of hydrogen-bond acceptors (Lipinski definition) is 3. The molecule has 0 aliphatic carbocycles. The number of ether oxygens (including phenoxy) is 1. The molecule has 3 aromatic rings. The largest absolute Gasteiger partial charge is 0.481 e. The second-order valence-corrected chi connectivity index (χ2v) is 5.20. The minimum atomic E-state index is -0.0570. The third kappa shape index (κ3) is 3.41. The molecular formula is C21H17NO2. The first-order valence-electron chi connectivity index (χ1n) is 7.66. The average molecular weight is 315 g/mol. The van der Waals surface area contributed by atoms with Crippen LogP contribution in [0.25, 0.3) is 0 Å². The van der Waals surface area contributed by atoms with Gasteiger partial charge in [0.25, 0.3) is 0 Å².